The number of rotatable bonds is 5. The number of halogens is 1. The number of hydrogen-bond acceptors (Lipinski definition) is 2. The standard InChI is InChI=1S/C15H20ClNO2/c1-2-13(10-18)17-14(19)15(7-4-8-15)11-5-3-6-12(16)9-11/h3,5-6,9,13,18H,2,4,7-8,10H2,1H3,(H,17,19)/t13-/m0/s1. The SMILES string of the molecule is CC[C@@H](CO)NC(=O)C1(c2cccc(Cl)c2)CCC1. The Morgan fingerprint density at radius 3 is 2.74 bits per heavy atom. The van der Waals surface area contributed by atoms with Gasteiger partial charge in [0.15, 0.2) is 0 Å². The summed E-state index contributed by atoms with van der Waals surface area (Å²) in [7, 11) is 0. The third-order valence-electron chi connectivity index (χ3n) is 4.07. The minimum atomic E-state index is -0.451. The first-order valence-electron chi connectivity index (χ1n) is 6.80. The lowest BCUT2D eigenvalue weighted by molar-refractivity contribution is -0.131. The molecule has 1 fully saturated rings. The van der Waals surface area contributed by atoms with Gasteiger partial charge in [0, 0.05) is 5.02 Å². The van der Waals surface area contributed by atoms with Crippen molar-refractivity contribution in [1.82, 2.24) is 5.32 Å². The summed E-state index contributed by atoms with van der Waals surface area (Å²) in [5.74, 6) is 0.0157. The maximum Gasteiger partial charge on any atom is 0.230 e. The number of aliphatic hydroxyl groups excluding tert-OH is 1. The van der Waals surface area contributed by atoms with Gasteiger partial charge in [0.25, 0.3) is 0 Å². The molecule has 19 heavy (non-hydrogen) atoms. The minimum Gasteiger partial charge on any atom is -0.394 e. The number of aliphatic hydroxyl groups is 1. The van der Waals surface area contributed by atoms with Gasteiger partial charge in [0.1, 0.15) is 0 Å². The highest BCUT2D eigenvalue weighted by Gasteiger charge is 2.45. The molecule has 0 aliphatic heterocycles. The van der Waals surface area contributed by atoms with E-state index < -0.39 is 5.41 Å². The van der Waals surface area contributed by atoms with Crippen LogP contribution in [0.1, 0.15) is 38.2 Å². The highest BCUT2D eigenvalue weighted by atomic mass is 35.5. The van der Waals surface area contributed by atoms with E-state index in [1.165, 1.54) is 0 Å². The molecule has 4 heteroatoms. The molecule has 1 aromatic rings. The van der Waals surface area contributed by atoms with Crippen LogP contribution < -0.4 is 5.32 Å². The van der Waals surface area contributed by atoms with E-state index >= 15 is 0 Å². The van der Waals surface area contributed by atoms with Gasteiger partial charge in [-0.15, -0.1) is 0 Å². The Hall–Kier alpha value is -1.06. The van der Waals surface area contributed by atoms with E-state index in [0.717, 1.165) is 31.2 Å². The van der Waals surface area contributed by atoms with Crippen molar-refractivity contribution in [3.8, 4) is 0 Å². The molecule has 1 atom stereocenters. The molecule has 104 valence electrons. The largest absolute Gasteiger partial charge is 0.394 e. The van der Waals surface area contributed by atoms with E-state index in [-0.39, 0.29) is 18.6 Å². The molecule has 0 unspecified atom stereocenters. The van der Waals surface area contributed by atoms with Crippen molar-refractivity contribution < 1.29 is 9.90 Å². The normalized spacial score (nSPS) is 18.5. The summed E-state index contributed by atoms with van der Waals surface area (Å²) >= 11 is 6.03. The van der Waals surface area contributed by atoms with Gasteiger partial charge in [-0.25, -0.2) is 0 Å². The summed E-state index contributed by atoms with van der Waals surface area (Å²) < 4.78 is 0. The van der Waals surface area contributed by atoms with Crippen LogP contribution in [0.25, 0.3) is 0 Å². The van der Waals surface area contributed by atoms with Crippen molar-refractivity contribution >= 4 is 17.5 Å². The molecule has 1 aromatic carbocycles. The highest BCUT2D eigenvalue weighted by Crippen LogP contribution is 2.44. The zero-order chi connectivity index (χ0) is 13.9. The summed E-state index contributed by atoms with van der Waals surface area (Å²) in [5.41, 5.74) is 0.532. The van der Waals surface area contributed by atoms with E-state index in [9.17, 15) is 9.90 Å². The van der Waals surface area contributed by atoms with Crippen molar-refractivity contribution in [2.75, 3.05) is 6.61 Å². The highest BCUT2D eigenvalue weighted by molar-refractivity contribution is 6.30. The molecule has 0 radical (unpaired) electrons. The predicted octanol–water partition coefficient (Wildman–Crippen LogP) is 2.65. The third-order valence-corrected chi connectivity index (χ3v) is 4.30. The lowest BCUT2D eigenvalue weighted by Gasteiger charge is -2.41. The molecule has 0 saturated heterocycles. The van der Waals surface area contributed by atoms with Crippen molar-refractivity contribution in [1.29, 1.82) is 0 Å². The molecular formula is C15H20ClNO2. The molecule has 0 bridgehead atoms. The van der Waals surface area contributed by atoms with Crippen LogP contribution in [0.2, 0.25) is 5.02 Å². The van der Waals surface area contributed by atoms with Crippen molar-refractivity contribution in [3.05, 3.63) is 34.9 Å². The van der Waals surface area contributed by atoms with Crippen LogP contribution in [0.3, 0.4) is 0 Å². The van der Waals surface area contributed by atoms with Crippen molar-refractivity contribution in [3.63, 3.8) is 0 Å². The molecule has 1 amide bonds. The smallest absolute Gasteiger partial charge is 0.230 e. The minimum absolute atomic E-state index is 0.0157. The zero-order valence-corrected chi connectivity index (χ0v) is 11.9. The molecule has 2 N–H and O–H groups in total. The Morgan fingerprint density at radius 1 is 1.53 bits per heavy atom. The first-order valence-corrected chi connectivity index (χ1v) is 7.18. The predicted molar refractivity (Wildman–Crippen MR) is 76.3 cm³/mol. The Bertz CT molecular complexity index is 453. The summed E-state index contributed by atoms with van der Waals surface area (Å²) in [4.78, 5) is 12.5. The fourth-order valence-electron chi connectivity index (χ4n) is 2.56. The summed E-state index contributed by atoms with van der Waals surface area (Å²) in [6, 6.07) is 7.38. The van der Waals surface area contributed by atoms with Crippen LogP contribution >= 0.6 is 11.6 Å². The number of carbonyl (C=O) groups excluding carboxylic acids is 1. The third kappa shape index (κ3) is 2.77. The lowest BCUT2D eigenvalue weighted by Crippen LogP contribution is -2.52. The number of benzene rings is 1. The van der Waals surface area contributed by atoms with Gasteiger partial charge in [-0.2, -0.15) is 0 Å². The number of amides is 1. The average Bonchev–Trinajstić information content (AvgIpc) is 2.34. The van der Waals surface area contributed by atoms with Crippen LogP contribution in [-0.2, 0) is 10.2 Å². The van der Waals surface area contributed by atoms with Gasteiger partial charge >= 0.3 is 0 Å². The van der Waals surface area contributed by atoms with Crippen LogP contribution in [0.15, 0.2) is 24.3 Å². The van der Waals surface area contributed by atoms with Crippen molar-refractivity contribution in [2.45, 2.75) is 44.1 Å². The van der Waals surface area contributed by atoms with Gasteiger partial charge in [-0.05, 0) is 37.0 Å². The lowest BCUT2D eigenvalue weighted by atomic mass is 9.63. The van der Waals surface area contributed by atoms with Crippen molar-refractivity contribution in [2.24, 2.45) is 0 Å². The van der Waals surface area contributed by atoms with Crippen LogP contribution in [0.5, 0.6) is 0 Å². The maximum absolute atomic E-state index is 12.5. The number of nitrogens with one attached hydrogen (secondary N) is 1. The molecule has 3 nitrogen and oxygen atoms in total. The fourth-order valence-corrected chi connectivity index (χ4v) is 2.75. The van der Waals surface area contributed by atoms with Crippen LogP contribution in [0.4, 0.5) is 0 Å². The molecule has 1 aliphatic carbocycles. The molecule has 0 heterocycles. The number of hydrogen-bond donors (Lipinski definition) is 2. The summed E-state index contributed by atoms with van der Waals surface area (Å²) in [6.07, 6.45) is 3.48. The summed E-state index contributed by atoms with van der Waals surface area (Å²) in [6.45, 7) is 1.93. The van der Waals surface area contributed by atoms with Gasteiger partial charge < -0.3 is 10.4 Å². The average molecular weight is 282 g/mol. The van der Waals surface area contributed by atoms with E-state index in [4.69, 9.17) is 11.6 Å². The Labute approximate surface area is 119 Å². The van der Waals surface area contributed by atoms with Crippen LogP contribution in [0, 0.1) is 0 Å². The number of carbonyl (C=O) groups is 1. The van der Waals surface area contributed by atoms with Gasteiger partial charge in [-0.1, -0.05) is 37.1 Å². The molecule has 0 aromatic heterocycles. The quantitative estimate of drug-likeness (QED) is 0.872. The monoisotopic (exact) mass is 281 g/mol. The second-order valence-corrected chi connectivity index (χ2v) is 5.64. The van der Waals surface area contributed by atoms with Gasteiger partial charge in [0.2, 0.25) is 5.91 Å². The summed E-state index contributed by atoms with van der Waals surface area (Å²) in [5, 5.41) is 12.8. The Morgan fingerprint density at radius 2 is 2.26 bits per heavy atom. The van der Waals surface area contributed by atoms with E-state index in [2.05, 4.69) is 5.32 Å². The molecule has 0 spiro atoms. The zero-order valence-electron chi connectivity index (χ0n) is 11.2. The van der Waals surface area contributed by atoms with Gasteiger partial charge in [-0.3, -0.25) is 4.79 Å². The first kappa shape index (κ1) is 14.4. The molecule has 1 aliphatic rings. The van der Waals surface area contributed by atoms with E-state index in [1.807, 2.05) is 31.2 Å². The first-order chi connectivity index (χ1) is 9.12. The Kier molecular flexibility index (Phi) is 4.48. The van der Waals surface area contributed by atoms with E-state index in [1.54, 1.807) is 0 Å². The topological polar surface area (TPSA) is 49.3 Å². The van der Waals surface area contributed by atoms with Crippen LogP contribution in [-0.4, -0.2) is 23.7 Å². The van der Waals surface area contributed by atoms with Gasteiger partial charge in [0.05, 0.1) is 18.1 Å². The Balaban J connectivity index is 2.20. The molecular weight excluding hydrogens is 262 g/mol. The molecule has 2 rings (SSSR count). The van der Waals surface area contributed by atoms with E-state index in [0.29, 0.717) is 5.02 Å². The molecule has 1 saturated carbocycles. The maximum atomic E-state index is 12.5. The second-order valence-electron chi connectivity index (χ2n) is 5.21. The fraction of sp³-hybridized carbons (Fsp3) is 0.533. The second kappa shape index (κ2) is 5.93.